The molecule has 4 rings (SSSR count). The number of hydrogen-bond acceptors (Lipinski definition) is 3. The molecule has 2 atom stereocenters. The monoisotopic (exact) mass is 588 g/mol. The summed E-state index contributed by atoms with van der Waals surface area (Å²) in [5, 5.41) is 0. The lowest BCUT2D eigenvalue weighted by molar-refractivity contribution is -0.143. The van der Waals surface area contributed by atoms with E-state index in [1.54, 1.807) is 17.9 Å². The Kier molecular flexibility index (Phi) is 8.58. The second kappa shape index (κ2) is 11.5. The molecule has 13 heteroatoms. The number of rotatable bonds is 4. The molecule has 0 bridgehead atoms. The molecule has 2 aromatic rings. The maximum Gasteiger partial charge on any atom is 0.416 e. The largest absolute Gasteiger partial charge is 0.416 e. The zero-order valence-corrected chi connectivity index (χ0v) is 22.8. The quantitative estimate of drug-likeness (QED) is 0.431. The lowest BCUT2D eigenvalue weighted by Crippen LogP contribution is -2.57. The molecule has 2 fully saturated rings. The van der Waals surface area contributed by atoms with Gasteiger partial charge in [0.1, 0.15) is 5.82 Å². The molecule has 224 valence electrons. The number of halogens is 7. The Morgan fingerprint density at radius 3 is 2.17 bits per heavy atom. The summed E-state index contributed by atoms with van der Waals surface area (Å²) >= 11 is 0. The summed E-state index contributed by atoms with van der Waals surface area (Å²) < 4.78 is 94.0. The van der Waals surface area contributed by atoms with Crippen LogP contribution in [0.2, 0.25) is 0 Å². The maximum atomic E-state index is 13.9. The number of piperazine rings is 1. The van der Waals surface area contributed by atoms with Crippen LogP contribution in [0.5, 0.6) is 0 Å². The number of carbonyl (C=O) groups is 2. The first-order valence-corrected chi connectivity index (χ1v) is 13.1. The van der Waals surface area contributed by atoms with E-state index in [4.69, 9.17) is 0 Å². The number of urea groups is 1. The van der Waals surface area contributed by atoms with E-state index >= 15 is 0 Å². The zero-order valence-electron chi connectivity index (χ0n) is 22.8. The highest BCUT2D eigenvalue weighted by molar-refractivity contribution is 5.79. The van der Waals surface area contributed by atoms with Crippen molar-refractivity contribution in [3.8, 4) is 0 Å². The van der Waals surface area contributed by atoms with Gasteiger partial charge in [-0.25, -0.2) is 9.18 Å². The Labute approximate surface area is 233 Å². The summed E-state index contributed by atoms with van der Waals surface area (Å²) in [5.41, 5.74) is -2.01. The molecular formula is C28H31F7N4O2. The standard InChI is InChI=1S/C28H31F7N4O2/c1-17-10-21(29)4-5-23(17)24-14-22(38-9-8-36(2)16-25(38)40)6-7-39(24)26(41)37(3)15-18-11-19(27(30,31)32)13-20(12-18)28(33,34)35/h4-5,10-13,22,24H,6-9,14-16H2,1-3H3/t22-,24+/m0/s1. The van der Waals surface area contributed by atoms with Crippen molar-refractivity contribution in [1.82, 2.24) is 19.6 Å². The molecule has 0 saturated carbocycles. The van der Waals surface area contributed by atoms with Gasteiger partial charge in [0, 0.05) is 39.3 Å². The minimum absolute atomic E-state index is 0.0414. The van der Waals surface area contributed by atoms with Gasteiger partial charge in [0.05, 0.1) is 23.7 Å². The Balaban J connectivity index is 1.61. The van der Waals surface area contributed by atoms with Crippen LogP contribution >= 0.6 is 0 Å². The molecule has 2 heterocycles. The van der Waals surface area contributed by atoms with E-state index in [0.29, 0.717) is 49.2 Å². The predicted octanol–water partition coefficient (Wildman–Crippen LogP) is 5.70. The SMILES string of the molecule is Cc1cc(F)ccc1[C@H]1C[C@@H](N2CCN(C)CC2=O)CCN1C(=O)N(C)Cc1cc(C(F)(F)F)cc(C(F)(F)F)c1. The van der Waals surface area contributed by atoms with Gasteiger partial charge in [-0.2, -0.15) is 26.3 Å². The molecule has 0 radical (unpaired) electrons. The Hall–Kier alpha value is -3.35. The van der Waals surface area contributed by atoms with Gasteiger partial charge in [-0.05, 0) is 73.8 Å². The van der Waals surface area contributed by atoms with E-state index in [9.17, 15) is 40.3 Å². The van der Waals surface area contributed by atoms with Gasteiger partial charge in [0.25, 0.3) is 0 Å². The molecule has 2 aliphatic heterocycles. The number of likely N-dealkylation sites (tertiary alicyclic amines) is 1. The second-order valence-electron chi connectivity index (χ2n) is 10.8. The Morgan fingerprint density at radius 2 is 1.61 bits per heavy atom. The van der Waals surface area contributed by atoms with Crippen molar-refractivity contribution in [3.05, 3.63) is 70.0 Å². The van der Waals surface area contributed by atoms with Crippen molar-refractivity contribution < 1.29 is 40.3 Å². The maximum absolute atomic E-state index is 13.9. The van der Waals surface area contributed by atoms with Crippen molar-refractivity contribution in [1.29, 1.82) is 0 Å². The Bertz CT molecular complexity index is 1260. The number of carbonyl (C=O) groups excluding carboxylic acids is 2. The summed E-state index contributed by atoms with van der Waals surface area (Å²) in [6.07, 6.45) is -9.23. The smallest absolute Gasteiger partial charge is 0.337 e. The van der Waals surface area contributed by atoms with Crippen LogP contribution in [0.1, 0.15) is 46.7 Å². The van der Waals surface area contributed by atoms with Crippen molar-refractivity contribution in [2.75, 3.05) is 40.3 Å². The first kappa shape index (κ1) is 30.6. The number of piperidine rings is 1. The fraction of sp³-hybridized carbons (Fsp3) is 0.500. The third-order valence-electron chi connectivity index (χ3n) is 7.69. The molecule has 0 N–H and O–H groups in total. The second-order valence-corrected chi connectivity index (χ2v) is 10.8. The summed E-state index contributed by atoms with van der Waals surface area (Å²) in [6.45, 7) is 2.84. The highest BCUT2D eigenvalue weighted by atomic mass is 19.4. The van der Waals surface area contributed by atoms with E-state index in [1.165, 1.54) is 24.1 Å². The molecule has 41 heavy (non-hydrogen) atoms. The summed E-state index contributed by atoms with van der Waals surface area (Å²) in [5.74, 6) is -0.506. The normalized spacial score (nSPS) is 20.9. The van der Waals surface area contributed by atoms with Gasteiger partial charge in [0.15, 0.2) is 0 Å². The lowest BCUT2D eigenvalue weighted by atomic mass is 9.88. The fourth-order valence-corrected chi connectivity index (χ4v) is 5.63. The highest BCUT2D eigenvalue weighted by Crippen LogP contribution is 2.38. The van der Waals surface area contributed by atoms with Crippen LogP contribution in [0.4, 0.5) is 35.5 Å². The van der Waals surface area contributed by atoms with Gasteiger partial charge in [0.2, 0.25) is 5.91 Å². The van der Waals surface area contributed by atoms with Crippen LogP contribution in [0, 0.1) is 12.7 Å². The van der Waals surface area contributed by atoms with Crippen molar-refractivity contribution in [3.63, 3.8) is 0 Å². The predicted molar refractivity (Wildman–Crippen MR) is 136 cm³/mol. The lowest BCUT2D eigenvalue weighted by Gasteiger charge is -2.46. The van der Waals surface area contributed by atoms with Crippen LogP contribution < -0.4 is 0 Å². The van der Waals surface area contributed by atoms with E-state index in [0.717, 1.165) is 4.90 Å². The van der Waals surface area contributed by atoms with Gasteiger partial charge >= 0.3 is 18.4 Å². The molecule has 0 unspecified atom stereocenters. The number of nitrogens with zero attached hydrogens (tertiary/aromatic N) is 4. The molecule has 2 aliphatic rings. The minimum Gasteiger partial charge on any atom is -0.337 e. The van der Waals surface area contributed by atoms with Gasteiger partial charge in [-0.3, -0.25) is 9.69 Å². The number of aryl methyl sites for hydroxylation is 1. The number of likely N-dealkylation sites (N-methyl/N-ethyl adjacent to an activating group) is 1. The number of amides is 3. The number of benzene rings is 2. The molecule has 0 aliphatic carbocycles. The highest BCUT2D eigenvalue weighted by Gasteiger charge is 2.40. The molecule has 2 aromatic carbocycles. The molecule has 0 aromatic heterocycles. The van der Waals surface area contributed by atoms with E-state index < -0.39 is 47.9 Å². The first-order chi connectivity index (χ1) is 19.0. The van der Waals surface area contributed by atoms with E-state index in [1.807, 2.05) is 11.9 Å². The van der Waals surface area contributed by atoms with Crippen molar-refractivity contribution in [2.45, 2.75) is 50.7 Å². The summed E-state index contributed by atoms with van der Waals surface area (Å²) in [6, 6.07) is 4.01. The van der Waals surface area contributed by atoms with E-state index in [-0.39, 0.29) is 36.7 Å². The van der Waals surface area contributed by atoms with Crippen molar-refractivity contribution >= 4 is 11.9 Å². The first-order valence-electron chi connectivity index (χ1n) is 13.1. The molecular weight excluding hydrogens is 557 g/mol. The van der Waals surface area contributed by atoms with Crippen LogP contribution in [0.3, 0.4) is 0 Å². The number of alkyl halides is 6. The third-order valence-corrected chi connectivity index (χ3v) is 7.69. The van der Waals surface area contributed by atoms with Crippen LogP contribution in [-0.4, -0.2) is 77.9 Å². The summed E-state index contributed by atoms with van der Waals surface area (Å²) in [4.78, 5) is 32.7. The van der Waals surface area contributed by atoms with Crippen LogP contribution in [0.25, 0.3) is 0 Å². The van der Waals surface area contributed by atoms with E-state index in [2.05, 4.69) is 0 Å². The molecule has 6 nitrogen and oxygen atoms in total. The van der Waals surface area contributed by atoms with Gasteiger partial charge < -0.3 is 14.7 Å². The van der Waals surface area contributed by atoms with Crippen molar-refractivity contribution in [2.24, 2.45) is 0 Å². The van der Waals surface area contributed by atoms with Crippen LogP contribution in [0.15, 0.2) is 36.4 Å². The topological polar surface area (TPSA) is 47.1 Å². The van der Waals surface area contributed by atoms with Gasteiger partial charge in [-0.1, -0.05) is 6.07 Å². The average Bonchev–Trinajstić information content (AvgIpc) is 2.87. The van der Waals surface area contributed by atoms with Crippen LogP contribution in [-0.2, 0) is 23.7 Å². The minimum atomic E-state index is -5.01. The molecule has 0 spiro atoms. The third kappa shape index (κ3) is 6.94. The molecule has 3 amide bonds. The fourth-order valence-electron chi connectivity index (χ4n) is 5.63. The average molecular weight is 589 g/mol. The zero-order chi connectivity index (χ0) is 30.3. The van der Waals surface area contributed by atoms with Gasteiger partial charge in [-0.15, -0.1) is 0 Å². The summed E-state index contributed by atoms with van der Waals surface area (Å²) in [7, 11) is 3.15. The molecule has 2 saturated heterocycles. The number of hydrogen-bond donors (Lipinski definition) is 0. The Morgan fingerprint density at radius 1 is 0.976 bits per heavy atom.